The van der Waals surface area contributed by atoms with Crippen molar-refractivity contribution in [2.24, 2.45) is 11.8 Å². The third-order valence-electron chi connectivity index (χ3n) is 3.14. The van der Waals surface area contributed by atoms with Gasteiger partial charge in [-0.25, -0.2) is 0 Å². The van der Waals surface area contributed by atoms with E-state index < -0.39 is 12.4 Å². The van der Waals surface area contributed by atoms with Gasteiger partial charge < -0.3 is 17.8 Å². The Morgan fingerprint density at radius 2 is 2.00 bits per heavy atom. The van der Waals surface area contributed by atoms with E-state index in [1.165, 1.54) is 0 Å². The Morgan fingerprint density at radius 1 is 1.44 bits per heavy atom. The zero-order chi connectivity index (χ0) is 11.6. The number of hydrogen-bond donors (Lipinski definition) is 0. The van der Waals surface area contributed by atoms with Gasteiger partial charge in [-0.15, -0.1) is 12.1 Å². The summed E-state index contributed by atoms with van der Waals surface area (Å²) in [5.41, 5.74) is -0.570. The first-order chi connectivity index (χ1) is 6.80. The molecule has 1 aliphatic rings. The van der Waals surface area contributed by atoms with E-state index in [1.807, 2.05) is 4.90 Å². The van der Waals surface area contributed by atoms with Crippen molar-refractivity contribution in [1.29, 1.82) is 0 Å². The van der Waals surface area contributed by atoms with Crippen molar-refractivity contribution in [3.63, 3.8) is 0 Å². The molecule has 0 aromatic rings. The number of rotatable bonds is 4. The van der Waals surface area contributed by atoms with Crippen molar-refractivity contribution in [3.05, 3.63) is 12.1 Å². The van der Waals surface area contributed by atoms with Crippen LogP contribution in [-0.2, 0) is 0 Å². The molecule has 0 bridgehead atoms. The van der Waals surface area contributed by atoms with Gasteiger partial charge in [0.2, 0.25) is 0 Å². The second-order valence-electron chi connectivity index (χ2n) is 4.76. The molecule has 88 valence electrons. The predicted octanol–water partition coefficient (Wildman–Crippen LogP) is -0.0889. The Morgan fingerprint density at radius 3 is 2.38 bits per heavy atom. The SMILES string of the molecule is C=C(CN1CCC(C(C)C)C1)[B-](F)(F)F.[K+]. The third kappa shape index (κ3) is 5.23. The van der Waals surface area contributed by atoms with Crippen LogP contribution in [0.4, 0.5) is 12.9 Å². The molecule has 0 aromatic heterocycles. The van der Waals surface area contributed by atoms with E-state index in [4.69, 9.17) is 0 Å². The number of halogens is 3. The van der Waals surface area contributed by atoms with Crippen LogP contribution in [0.25, 0.3) is 0 Å². The summed E-state index contributed by atoms with van der Waals surface area (Å²) < 4.78 is 36.9. The average Bonchev–Trinajstić information content (AvgIpc) is 2.50. The first kappa shape index (κ1) is 17.2. The molecule has 16 heavy (non-hydrogen) atoms. The molecule has 1 heterocycles. The van der Waals surface area contributed by atoms with E-state index in [1.54, 1.807) is 0 Å². The van der Waals surface area contributed by atoms with Gasteiger partial charge in [-0.05, 0) is 31.3 Å². The number of nitrogens with zero attached hydrogens (tertiary/aromatic N) is 1. The van der Waals surface area contributed by atoms with Crippen molar-refractivity contribution in [2.45, 2.75) is 20.3 Å². The van der Waals surface area contributed by atoms with Crippen LogP contribution in [0, 0.1) is 11.8 Å². The molecule has 0 amide bonds. The van der Waals surface area contributed by atoms with E-state index in [-0.39, 0.29) is 57.9 Å². The van der Waals surface area contributed by atoms with Gasteiger partial charge in [-0.1, -0.05) is 13.8 Å². The Labute approximate surface area is 138 Å². The molecule has 0 aromatic carbocycles. The van der Waals surface area contributed by atoms with Crippen LogP contribution in [0.15, 0.2) is 12.1 Å². The summed E-state index contributed by atoms with van der Waals surface area (Å²) >= 11 is 0. The fourth-order valence-corrected chi connectivity index (χ4v) is 1.94. The quantitative estimate of drug-likeness (QED) is 0.638. The molecule has 0 aliphatic carbocycles. The van der Waals surface area contributed by atoms with Gasteiger partial charge in [0.1, 0.15) is 0 Å². The molecule has 1 aliphatic heterocycles. The normalized spacial score (nSPS) is 22.2. The monoisotopic (exact) mass is 259 g/mol. The maximum atomic E-state index is 12.3. The zero-order valence-electron chi connectivity index (χ0n) is 10.3. The largest absolute Gasteiger partial charge is 1.00 e. The average molecular weight is 259 g/mol. The third-order valence-corrected chi connectivity index (χ3v) is 3.14. The second-order valence-corrected chi connectivity index (χ2v) is 4.76. The Kier molecular flexibility index (Phi) is 7.46. The minimum atomic E-state index is -4.86. The zero-order valence-corrected chi connectivity index (χ0v) is 13.5. The molecular formula is C10H18BF3KN. The summed E-state index contributed by atoms with van der Waals surface area (Å²) in [5, 5.41) is 0. The van der Waals surface area contributed by atoms with Crippen LogP contribution >= 0.6 is 0 Å². The van der Waals surface area contributed by atoms with E-state index in [0.717, 1.165) is 19.5 Å². The van der Waals surface area contributed by atoms with Crippen LogP contribution in [0.5, 0.6) is 0 Å². The molecule has 1 saturated heterocycles. The molecule has 1 fully saturated rings. The van der Waals surface area contributed by atoms with Crippen molar-refractivity contribution < 1.29 is 64.3 Å². The van der Waals surface area contributed by atoms with Crippen LogP contribution in [-0.4, -0.2) is 31.5 Å². The molecule has 0 spiro atoms. The summed E-state index contributed by atoms with van der Waals surface area (Å²) in [7, 11) is 0. The first-order valence-electron chi connectivity index (χ1n) is 5.40. The van der Waals surface area contributed by atoms with Crippen LogP contribution < -0.4 is 51.4 Å². The van der Waals surface area contributed by atoms with Gasteiger partial charge in [0.25, 0.3) is 0 Å². The van der Waals surface area contributed by atoms with Crippen molar-refractivity contribution in [1.82, 2.24) is 4.90 Å². The maximum absolute atomic E-state index is 12.3. The smallest absolute Gasteiger partial charge is 0.445 e. The first-order valence-corrected chi connectivity index (χ1v) is 5.40. The summed E-state index contributed by atoms with van der Waals surface area (Å²) in [6.07, 6.45) is 1.01. The van der Waals surface area contributed by atoms with Gasteiger partial charge in [-0.2, -0.15) is 0 Å². The van der Waals surface area contributed by atoms with Crippen LogP contribution in [0.3, 0.4) is 0 Å². The fraction of sp³-hybridized carbons (Fsp3) is 0.800. The molecule has 1 rings (SSSR count). The second kappa shape index (κ2) is 6.95. The minimum absolute atomic E-state index is 0. The Bertz CT molecular complexity index is 243. The molecule has 0 N–H and O–H groups in total. The molecule has 0 saturated carbocycles. The molecule has 1 nitrogen and oxygen atoms in total. The van der Waals surface area contributed by atoms with Gasteiger partial charge in [0, 0.05) is 6.54 Å². The van der Waals surface area contributed by atoms with Gasteiger partial charge in [0.15, 0.2) is 0 Å². The maximum Gasteiger partial charge on any atom is 1.00 e. The molecule has 1 atom stereocenters. The molecule has 0 radical (unpaired) electrons. The van der Waals surface area contributed by atoms with Gasteiger partial charge in [0.05, 0.1) is 0 Å². The van der Waals surface area contributed by atoms with Crippen molar-refractivity contribution >= 4 is 6.98 Å². The topological polar surface area (TPSA) is 3.24 Å². The fourth-order valence-electron chi connectivity index (χ4n) is 1.94. The molecule has 6 heteroatoms. The van der Waals surface area contributed by atoms with E-state index in [2.05, 4.69) is 20.4 Å². The summed E-state index contributed by atoms with van der Waals surface area (Å²) in [6.45, 7) is 4.05. The summed E-state index contributed by atoms with van der Waals surface area (Å²) in [4.78, 5) is 1.86. The Hall–Kier alpha value is 1.19. The van der Waals surface area contributed by atoms with Gasteiger partial charge >= 0.3 is 58.4 Å². The standard InChI is InChI=1S/C10H18BF3N.K/c1-8(2)10-4-5-15(7-10)6-9(3)11(12,13)14;/h8,10H,3-7H2,1-2H3;/q-1;+1. The van der Waals surface area contributed by atoms with Crippen molar-refractivity contribution in [2.75, 3.05) is 19.6 Å². The molecular weight excluding hydrogens is 241 g/mol. The number of hydrogen-bond acceptors (Lipinski definition) is 1. The van der Waals surface area contributed by atoms with E-state index in [9.17, 15) is 12.9 Å². The predicted molar refractivity (Wildman–Crippen MR) is 57.6 cm³/mol. The van der Waals surface area contributed by atoms with Crippen molar-refractivity contribution in [3.8, 4) is 0 Å². The minimum Gasteiger partial charge on any atom is -0.445 e. The van der Waals surface area contributed by atoms with E-state index in [0.29, 0.717) is 11.8 Å². The molecule has 1 unspecified atom stereocenters. The number of likely N-dealkylation sites (tertiary alicyclic amines) is 1. The summed E-state index contributed by atoms with van der Waals surface area (Å²) in [6, 6.07) is 0. The Balaban J connectivity index is 0.00000225. The van der Waals surface area contributed by atoms with Crippen LogP contribution in [0.1, 0.15) is 20.3 Å². The van der Waals surface area contributed by atoms with Crippen LogP contribution in [0.2, 0.25) is 0 Å². The van der Waals surface area contributed by atoms with Gasteiger partial charge in [-0.3, -0.25) is 0 Å². The van der Waals surface area contributed by atoms with E-state index >= 15 is 0 Å². The summed E-state index contributed by atoms with van der Waals surface area (Å²) in [5.74, 6) is 1.10.